The fourth-order valence-corrected chi connectivity index (χ4v) is 12.9. The first-order valence-corrected chi connectivity index (χ1v) is 33.5. The van der Waals surface area contributed by atoms with Gasteiger partial charge in [-0.25, -0.2) is 14.6 Å². The third kappa shape index (κ3) is 24.7. The first-order valence-electron chi connectivity index (χ1n) is 32.7. The maximum atomic E-state index is 14.8. The second-order valence-electron chi connectivity index (χ2n) is 26.0. The number of hydrogen-bond donors (Lipinski definition) is 6. The molecule has 24 heteroatoms. The number of likely N-dealkylation sites (tertiary alicyclic amines) is 1. The Labute approximate surface area is 554 Å². The van der Waals surface area contributed by atoms with Gasteiger partial charge >= 0.3 is 12.1 Å². The number of anilines is 1. The molecule has 1 aromatic heterocycles. The molecule has 0 saturated carbocycles. The van der Waals surface area contributed by atoms with Crippen LogP contribution < -0.4 is 32.7 Å². The maximum Gasteiger partial charge on any atom is 0.408 e. The Morgan fingerprint density at radius 2 is 1.52 bits per heavy atom. The van der Waals surface area contributed by atoms with Gasteiger partial charge < -0.3 is 66.3 Å². The molecule has 93 heavy (non-hydrogen) atoms. The number of Topliss-reactive ketones (excluding diaryl/α,β-unsaturated/α-hetero) is 4. The van der Waals surface area contributed by atoms with Gasteiger partial charge in [0.05, 0.1) is 66.4 Å². The van der Waals surface area contributed by atoms with E-state index in [1.54, 1.807) is 63.4 Å². The second kappa shape index (κ2) is 39.0. The monoisotopic (exact) mass is 1320 g/mol. The van der Waals surface area contributed by atoms with E-state index in [9.17, 15) is 47.9 Å². The van der Waals surface area contributed by atoms with Crippen LogP contribution in [0.1, 0.15) is 155 Å². The summed E-state index contributed by atoms with van der Waals surface area (Å²) in [6.45, 7) is 18.3. The van der Waals surface area contributed by atoms with E-state index in [0.717, 1.165) is 17.0 Å². The van der Waals surface area contributed by atoms with Crippen molar-refractivity contribution in [3.05, 3.63) is 82.3 Å². The molecule has 0 unspecified atom stereocenters. The average Bonchev–Trinajstić information content (AvgIpc) is 2.61. The molecule has 11 atom stereocenters. The third-order valence-corrected chi connectivity index (χ3v) is 18.7. The summed E-state index contributed by atoms with van der Waals surface area (Å²) in [5.74, 6) is -6.54. The SMILES string of the molecule is CC[C@H](C)[C@@H]([C@@H](CC(=O)N1CCC[C@H]1[C@H](OC)[C@@H](C)C(=O)C[C@@H](Cc1ccccc1)c1nccs1)OC)N(C)C(=O)[C@@H](CC(=O)C(C)(C)NC(=O)OCc1ccc(NC(=O)[C@H](CCCNC(N)=O)CC(=O)[C@@H](NC(=O)[C@H](COCCN)CC(C)=O)C(C)C)cc1)C(C)C. The molecule has 4 rings (SSSR count). The predicted octanol–water partition coefficient (Wildman–Crippen LogP) is 7.96. The van der Waals surface area contributed by atoms with Crippen molar-refractivity contribution >= 4 is 75.9 Å². The lowest BCUT2D eigenvalue weighted by Crippen LogP contribution is -2.55. The first kappa shape index (κ1) is 78.5. The summed E-state index contributed by atoms with van der Waals surface area (Å²) in [6, 6.07) is 13.8. The van der Waals surface area contributed by atoms with Gasteiger partial charge in [-0.1, -0.05) is 97.4 Å². The molecule has 0 spiro atoms. The number of carbonyl (C=O) groups excluding carboxylic acids is 10. The van der Waals surface area contributed by atoms with Crippen molar-refractivity contribution in [1.82, 2.24) is 30.7 Å². The Balaban J connectivity index is 1.38. The number of amides is 7. The van der Waals surface area contributed by atoms with Gasteiger partial charge in [0.15, 0.2) is 11.6 Å². The highest BCUT2D eigenvalue weighted by molar-refractivity contribution is 7.09. The van der Waals surface area contributed by atoms with E-state index in [-0.39, 0.29) is 125 Å². The van der Waals surface area contributed by atoms with E-state index in [4.69, 9.17) is 30.4 Å². The molecule has 0 radical (unpaired) electrons. The van der Waals surface area contributed by atoms with Crippen LogP contribution in [0.2, 0.25) is 0 Å². The summed E-state index contributed by atoms with van der Waals surface area (Å²) in [7, 11) is 4.80. The van der Waals surface area contributed by atoms with Crippen LogP contribution in [0, 0.1) is 41.4 Å². The van der Waals surface area contributed by atoms with Crippen molar-refractivity contribution in [3.63, 3.8) is 0 Å². The van der Waals surface area contributed by atoms with Crippen LogP contribution in [0.15, 0.2) is 66.2 Å². The van der Waals surface area contributed by atoms with Gasteiger partial charge in [0, 0.05) is 108 Å². The van der Waals surface area contributed by atoms with E-state index < -0.39 is 89.0 Å². The highest BCUT2D eigenvalue weighted by Crippen LogP contribution is 2.34. The number of primary amides is 1. The number of benzene rings is 2. The van der Waals surface area contributed by atoms with Gasteiger partial charge in [-0.15, -0.1) is 11.3 Å². The number of rotatable bonds is 42. The number of hydrogen-bond acceptors (Lipinski definition) is 17. The highest BCUT2D eigenvalue weighted by Gasteiger charge is 2.44. The van der Waals surface area contributed by atoms with Crippen molar-refractivity contribution in [1.29, 1.82) is 0 Å². The Hall–Kier alpha value is -6.99. The summed E-state index contributed by atoms with van der Waals surface area (Å²) in [5, 5.41) is 13.6. The Morgan fingerprint density at radius 3 is 2.10 bits per heavy atom. The molecule has 2 heterocycles. The lowest BCUT2D eigenvalue weighted by Gasteiger charge is -2.41. The van der Waals surface area contributed by atoms with E-state index in [0.29, 0.717) is 43.5 Å². The minimum absolute atomic E-state index is 0.0337. The summed E-state index contributed by atoms with van der Waals surface area (Å²) < 4.78 is 23.3. The molecule has 1 fully saturated rings. The molecule has 23 nitrogen and oxygen atoms in total. The lowest BCUT2D eigenvalue weighted by atomic mass is 9.83. The number of ether oxygens (including phenoxy) is 4. The van der Waals surface area contributed by atoms with E-state index in [2.05, 4.69) is 38.4 Å². The van der Waals surface area contributed by atoms with Crippen LogP contribution in [0.25, 0.3) is 0 Å². The number of thiazole rings is 1. The second-order valence-corrected chi connectivity index (χ2v) is 26.9. The molecule has 7 amide bonds. The lowest BCUT2D eigenvalue weighted by molar-refractivity contribution is -0.149. The number of alkyl carbamates (subject to hydrolysis) is 1. The number of nitrogens with zero attached hydrogens (tertiary/aromatic N) is 3. The number of carbonyl (C=O) groups is 10. The van der Waals surface area contributed by atoms with E-state index in [1.165, 1.54) is 39.2 Å². The largest absolute Gasteiger partial charge is 0.445 e. The summed E-state index contributed by atoms with van der Waals surface area (Å²) in [4.78, 5) is 144. The van der Waals surface area contributed by atoms with Crippen molar-refractivity contribution < 1.29 is 66.9 Å². The predicted molar refractivity (Wildman–Crippen MR) is 357 cm³/mol. The van der Waals surface area contributed by atoms with Gasteiger partial charge in [0.2, 0.25) is 23.6 Å². The zero-order chi connectivity index (χ0) is 69.1. The highest BCUT2D eigenvalue weighted by atomic mass is 32.1. The van der Waals surface area contributed by atoms with Gasteiger partial charge in [-0.3, -0.25) is 33.6 Å². The van der Waals surface area contributed by atoms with Crippen LogP contribution >= 0.6 is 11.3 Å². The Morgan fingerprint density at radius 1 is 0.828 bits per heavy atom. The minimum atomic E-state index is -1.47. The van der Waals surface area contributed by atoms with E-state index in [1.807, 2.05) is 63.1 Å². The Kier molecular flexibility index (Phi) is 32.9. The molecular formula is C69H105N9O14S. The molecule has 0 aliphatic carbocycles. The van der Waals surface area contributed by atoms with Crippen LogP contribution in [-0.2, 0) is 70.3 Å². The number of aromatic nitrogens is 1. The first-order chi connectivity index (χ1) is 44.1. The maximum absolute atomic E-state index is 14.8. The molecule has 516 valence electrons. The fraction of sp³-hybridized carbons (Fsp3) is 0.638. The van der Waals surface area contributed by atoms with Crippen molar-refractivity contribution in [2.75, 3.05) is 59.4 Å². The molecule has 8 N–H and O–H groups in total. The zero-order valence-electron chi connectivity index (χ0n) is 57.0. The number of ketones is 4. The topological polar surface area (TPSA) is 327 Å². The molecular weight excluding hydrogens is 1210 g/mol. The van der Waals surface area contributed by atoms with Crippen molar-refractivity contribution in [3.8, 4) is 0 Å². The molecule has 2 aromatic carbocycles. The third-order valence-electron chi connectivity index (χ3n) is 17.8. The minimum Gasteiger partial charge on any atom is -0.445 e. The van der Waals surface area contributed by atoms with Crippen LogP contribution in [0.3, 0.4) is 0 Å². The van der Waals surface area contributed by atoms with Crippen molar-refractivity contribution in [2.24, 2.45) is 52.9 Å². The molecule has 1 saturated heterocycles. The van der Waals surface area contributed by atoms with Crippen LogP contribution in [-0.4, -0.2) is 164 Å². The summed E-state index contributed by atoms with van der Waals surface area (Å²) in [5.41, 5.74) is 11.3. The van der Waals surface area contributed by atoms with Gasteiger partial charge in [-0.05, 0) is 93.9 Å². The normalized spacial score (nSPS) is 16.6. The summed E-state index contributed by atoms with van der Waals surface area (Å²) >= 11 is 1.53. The molecule has 1 aliphatic heterocycles. The molecule has 1 aliphatic rings. The fourth-order valence-electron chi connectivity index (χ4n) is 12.1. The quantitative estimate of drug-likeness (QED) is 0.0293. The average molecular weight is 1320 g/mol. The van der Waals surface area contributed by atoms with Crippen LogP contribution in [0.4, 0.5) is 15.3 Å². The number of nitrogens with one attached hydrogen (secondary N) is 4. The number of nitrogens with two attached hydrogens (primary N) is 2. The van der Waals surface area contributed by atoms with Gasteiger partial charge in [0.1, 0.15) is 18.2 Å². The smallest absolute Gasteiger partial charge is 0.408 e. The van der Waals surface area contributed by atoms with Crippen molar-refractivity contribution in [2.45, 2.75) is 188 Å². The Bertz CT molecular complexity index is 2890. The molecule has 3 aromatic rings. The zero-order valence-corrected chi connectivity index (χ0v) is 57.8. The standard InChI is InChI=1S/C69H105N9O14S/c1-14-44(6)61(57(89-12)39-59(83)78-31-19-23-54(78)62(90-13)46(8)55(80)37-50(65-72-30-33-93-65)35-47-20-16-15-17-21-47)77(11)66(86)53(42(2)3)38-58(82)69(9,10)76-68(88)92-40-48-24-26-52(27-25-48)74-63(84)49(22-18-29-73-67(71)87)36-56(81)60(43(4)5)75-64(85)51(34-45(7)79)41-91-32-28-70/h15-17,20-21,24-27,30,33,42-44,46,49-51,53-54,57,60-62H,14,18-19,22-23,28-29,31-32,34-41,70H2,1-13H3,(H,74,84)(H,75,85)(H,76,88)(H3,71,73,87)/t44-,46-,49+,50+,51-,53-,54-,57+,60-,61-,62+/m0/s1. The molecule has 0 bridgehead atoms. The number of urea groups is 1. The van der Waals surface area contributed by atoms with Crippen LogP contribution in [0.5, 0.6) is 0 Å². The summed E-state index contributed by atoms with van der Waals surface area (Å²) in [6.07, 6.45) is 2.42. The number of methoxy groups -OCH3 is 2. The van der Waals surface area contributed by atoms with Gasteiger partial charge in [0.25, 0.3) is 0 Å². The van der Waals surface area contributed by atoms with Gasteiger partial charge in [-0.2, -0.15) is 0 Å². The van der Waals surface area contributed by atoms with E-state index >= 15 is 0 Å². The number of likely N-dealkylation sites (N-methyl/N-ethyl adjacent to an activating group) is 1.